The standard InChI is InChI=1S/C14H10ClNO2S/c15-11-5-1-2-6-12(11)16-14(18)13-8-7-10(19-13)4-3-9-17/h1-2,5-8,17H,9H2,(H,16,18). The number of rotatable bonds is 2. The van der Waals surface area contributed by atoms with E-state index < -0.39 is 0 Å². The lowest BCUT2D eigenvalue weighted by Crippen LogP contribution is -2.10. The molecule has 0 aliphatic heterocycles. The average Bonchev–Trinajstić information content (AvgIpc) is 2.88. The van der Waals surface area contributed by atoms with Crippen molar-refractivity contribution in [1.82, 2.24) is 0 Å². The van der Waals surface area contributed by atoms with Crippen LogP contribution in [0.1, 0.15) is 14.5 Å². The molecule has 1 heterocycles. The topological polar surface area (TPSA) is 49.3 Å². The van der Waals surface area contributed by atoms with E-state index in [2.05, 4.69) is 17.2 Å². The van der Waals surface area contributed by atoms with E-state index in [0.717, 1.165) is 4.88 Å². The Balaban J connectivity index is 2.12. The van der Waals surface area contributed by atoms with Gasteiger partial charge in [0.15, 0.2) is 0 Å². The summed E-state index contributed by atoms with van der Waals surface area (Å²) in [5, 5.41) is 11.8. The molecule has 96 valence electrons. The lowest BCUT2D eigenvalue weighted by atomic mass is 10.3. The number of halogens is 1. The van der Waals surface area contributed by atoms with E-state index in [9.17, 15) is 4.79 Å². The van der Waals surface area contributed by atoms with Gasteiger partial charge in [-0.15, -0.1) is 11.3 Å². The van der Waals surface area contributed by atoms with Gasteiger partial charge in [0.05, 0.1) is 20.5 Å². The number of carbonyl (C=O) groups excluding carboxylic acids is 1. The van der Waals surface area contributed by atoms with Gasteiger partial charge < -0.3 is 10.4 Å². The molecule has 0 spiro atoms. The summed E-state index contributed by atoms with van der Waals surface area (Å²) >= 11 is 7.23. The summed E-state index contributed by atoms with van der Waals surface area (Å²) in [6.07, 6.45) is 0. The Morgan fingerprint density at radius 3 is 2.84 bits per heavy atom. The first kappa shape index (κ1) is 13.6. The largest absolute Gasteiger partial charge is 0.384 e. The molecule has 1 amide bonds. The van der Waals surface area contributed by atoms with Gasteiger partial charge in [0.2, 0.25) is 0 Å². The second kappa shape index (κ2) is 6.39. The van der Waals surface area contributed by atoms with Crippen molar-refractivity contribution in [3.63, 3.8) is 0 Å². The van der Waals surface area contributed by atoms with Crippen LogP contribution in [0.5, 0.6) is 0 Å². The number of anilines is 1. The first-order chi connectivity index (χ1) is 9.20. The van der Waals surface area contributed by atoms with Gasteiger partial charge in [-0.05, 0) is 24.3 Å². The summed E-state index contributed by atoms with van der Waals surface area (Å²) in [6, 6.07) is 10.5. The van der Waals surface area contributed by atoms with Crippen LogP contribution in [-0.2, 0) is 0 Å². The number of aliphatic hydroxyl groups is 1. The van der Waals surface area contributed by atoms with E-state index >= 15 is 0 Å². The summed E-state index contributed by atoms with van der Waals surface area (Å²) in [6.45, 7) is -0.195. The third-order valence-electron chi connectivity index (χ3n) is 2.24. The lowest BCUT2D eigenvalue weighted by molar-refractivity contribution is 0.103. The Morgan fingerprint density at radius 2 is 2.11 bits per heavy atom. The fourth-order valence-electron chi connectivity index (χ4n) is 1.40. The molecular formula is C14H10ClNO2S. The monoisotopic (exact) mass is 291 g/mol. The van der Waals surface area contributed by atoms with Gasteiger partial charge in [-0.2, -0.15) is 0 Å². The second-order valence-corrected chi connectivity index (χ2v) is 5.05. The quantitative estimate of drug-likeness (QED) is 0.836. The number of aliphatic hydroxyl groups excluding tert-OH is 1. The van der Waals surface area contributed by atoms with E-state index in [1.54, 1.807) is 36.4 Å². The van der Waals surface area contributed by atoms with Crippen LogP contribution in [0.4, 0.5) is 5.69 Å². The van der Waals surface area contributed by atoms with Crippen molar-refractivity contribution >= 4 is 34.5 Å². The van der Waals surface area contributed by atoms with Gasteiger partial charge in [-0.25, -0.2) is 0 Å². The number of hydrogen-bond acceptors (Lipinski definition) is 3. The number of nitrogens with one attached hydrogen (secondary N) is 1. The molecule has 19 heavy (non-hydrogen) atoms. The van der Waals surface area contributed by atoms with Crippen molar-refractivity contribution in [3.05, 3.63) is 51.2 Å². The molecule has 3 nitrogen and oxygen atoms in total. The van der Waals surface area contributed by atoms with Crippen LogP contribution in [0, 0.1) is 11.8 Å². The fraction of sp³-hybridized carbons (Fsp3) is 0.0714. The molecule has 1 aromatic carbocycles. The first-order valence-electron chi connectivity index (χ1n) is 5.46. The van der Waals surface area contributed by atoms with Gasteiger partial charge >= 0.3 is 0 Å². The zero-order valence-corrected chi connectivity index (χ0v) is 11.4. The molecule has 0 aliphatic carbocycles. The maximum absolute atomic E-state index is 12.0. The van der Waals surface area contributed by atoms with E-state index in [0.29, 0.717) is 15.6 Å². The molecule has 0 unspecified atom stereocenters. The maximum atomic E-state index is 12.0. The highest BCUT2D eigenvalue weighted by Crippen LogP contribution is 2.23. The maximum Gasteiger partial charge on any atom is 0.265 e. The van der Waals surface area contributed by atoms with Crippen LogP contribution in [0.15, 0.2) is 36.4 Å². The van der Waals surface area contributed by atoms with Crippen molar-refractivity contribution in [2.24, 2.45) is 0 Å². The number of carbonyl (C=O) groups is 1. The lowest BCUT2D eigenvalue weighted by Gasteiger charge is -2.04. The molecule has 0 bridgehead atoms. The highest BCUT2D eigenvalue weighted by Gasteiger charge is 2.10. The summed E-state index contributed by atoms with van der Waals surface area (Å²) in [7, 11) is 0. The molecule has 0 aliphatic rings. The predicted molar refractivity (Wildman–Crippen MR) is 77.7 cm³/mol. The molecule has 2 aromatic rings. The smallest absolute Gasteiger partial charge is 0.265 e. The van der Waals surface area contributed by atoms with Crippen LogP contribution in [0.3, 0.4) is 0 Å². The Bertz CT molecular complexity index is 655. The minimum atomic E-state index is -0.227. The van der Waals surface area contributed by atoms with Crippen LogP contribution in [0.25, 0.3) is 0 Å². The molecule has 0 saturated carbocycles. The SMILES string of the molecule is O=C(Nc1ccccc1Cl)c1ccc(C#CCO)s1. The Hall–Kier alpha value is -1.80. The fourth-order valence-corrected chi connectivity index (χ4v) is 2.36. The second-order valence-electron chi connectivity index (χ2n) is 3.56. The minimum absolute atomic E-state index is 0.195. The van der Waals surface area contributed by atoms with Gasteiger partial charge in [0.1, 0.15) is 6.61 Å². The minimum Gasteiger partial charge on any atom is -0.384 e. The van der Waals surface area contributed by atoms with Crippen LogP contribution in [-0.4, -0.2) is 17.6 Å². The van der Waals surface area contributed by atoms with Crippen molar-refractivity contribution in [3.8, 4) is 11.8 Å². The molecule has 5 heteroatoms. The number of thiophene rings is 1. The van der Waals surface area contributed by atoms with E-state index in [4.69, 9.17) is 16.7 Å². The molecule has 2 rings (SSSR count). The normalized spacial score (nSPS) is 9.58. The van der Waals surface area contributed by atoms with Gasteiger partial charge in [-0.1, -0.05) is 35.6 Å². The van der Waals surface area contributed by atoms with Crippen molar-refractivity contribution in [2.75, 3.05) is 11.9 Å². The van der Waals surface area contributed by atoms with Gasteiger partial charge in [0.25, 0.3) is 5.91 Å². The number of hydrogen-bond donors (Lipinski definition) is 2. The summed E-state index contributed by atoms with van der Waals surface area (Å²) in [5.74, 6) is 5.07. The predicted octanol–water partition coefficient (Wildman–Crippen LogP) is 3.00. The first-order valence-corrected chi connectivity index (χ1v) is 6.65. The molecule has 0 fully saturated rings. The van der Waals surface area contributed by atoms with E-state index in [-0.39, 0.29) is 12.5 Å². The summed E-state index contributed by atoms with van der Waals surface area (Å²) in [4.78, 5) is 13.3. The van der Waals surface area contributed by atoms with Crippen molar-refractivity contribution < 1.29 is 9.90 Å². The van der Waals surface area contributed by atoms with Gasteiger partial charge in [-0.3, -0.25) is 4.79 Å². The van der Waals surface area contributed by atoms with Crippen LogP contribution >= 0.6 is 22.9 Å². The highest BCUT2D eigenvalue weighted by atomic mass is 35.5. The third-order valence-corrected chi connectivity index (χ3v) is 3.57. The molecule has 2 N–H and O–H groups in total. The van der Waals surface area contributed by atoms with E-state index in [1.165, 1.54) is 11.3 Å². The zero-order chi connectivity index (χ0) is 13.7. The molecular weight excluding hydrogens is 282 g/mol. The van der Waals surface area contributed by atoms with Gasteiger partial charge in [0, 0.05) is 0 Å². The van der Waals surface area contributed by atoms with E-state index in [1.807, 2.05) is 0 Å². The van der Waals surface area contributed by atoms with Crippen molar-refractivity contribution in [2.45, 2.75) is 0 Å². The third kappa shape index (κ3) is 3.58. The summed E-state index contributed by atoms with van der Waals surface area (Å²) in [5.41, 5.74) is 0.575. The van der Waals surface area contributed by atoms with Crippen LogP contribution in [0.2, 0.25) is 5.02 Å². The Morgan fingerprint density at radius 1 is 1.32 bits per heavy atom. The molecule has 0 radical (unpaired) electrons. The van der Waals surface area contributed by atoms with Crippen LogP contribution < -0.4 is 5.32 Å². The Labute approximate surface area is 119 Å². The average molecular weight is 292 g/mol. The number of benzene rings is 1. The Kier molecular flexibility index (Phi) is 4.58. The number of para-hydroxylation sites is 1. The molecule has 0 saturated heterocycles. The summed E-state index contributed by atoms with van der Waals surface area (Å²) < 4.78 is 0. The number of amides is 1. The highest BCUT2D eigenvalue weighted by molar-refractivity contribution is 7.14. The molecule has 1 aromatic heterocycles. The van der Waals surface area contributed by atoms with Crippen molar-refractivity contribution in [1.29, 1.82) is 0 Å². The molecule has 0 atom stereocenters. The zero-order valence-electron chi connectivity index (χ0n) is 9.81.